The Morgan fingerprint density at radius 1 is 1.29 bits per heavy atom. The first-order chi connectivity index (χ1) is 8.26. The fourth-order valence-corrected chi connectivity index (χ4v) is 2.34. The third-order valence-electron chi connectivity index (χ3n) is 3.18. The van der Waals surface area contributed by atoms with Gasteiger partial charge in [-0.2, -0.15) is 12.6 Å². The highest BCUT2D eigenvalue weighted by molar-refractivity contribution is 7.80. The normalized spacial score (nSPS) is 12.8. The Bertz CT molecular complexity index is 557. The average Bonchev–Trinajstić information content (AvgIpc) is 2.38. The fourth-order valence-electron chi connectivity index (χ4n) is 1.97. The maximum Gasteiger partial charge on any atom is 0.258 e. The highest BCUT2D eigenvalue weighted by Crippen LogP contribution is 2.11. The van der Waals surface area contributed by atoms with Gasteiger partial charge in [-0.3, -0.25) is 4.79 Å². The predicted octanol–water partition coefficient (Wildman–Crippen LogP) is 2.96. The van der Waals surface area contributed by atoms with Crippen LogP contribution in [0.1, 0.15) is 13.3 Å². The molecule has 0 aliphatic rings. The highest BCUT2D eigenvalue weighted by atomic mass is 32.1. The van der Waals surface area contributed by atoms with E-state index in [1.54, 1.807) is 4.57 Å². The molecule has 2 rings (SSSR count). The van der Waals surface area contributed by atoms with E-state index in [-0.39, 0.29) is 5.56 Å². The van der Waals surface area contributed by atoms with Crippen LogP contribution in [0.15, 0.2) is 41.3 Å². The van der Waals surface area contributed by atoms with E-state index in [0.717, 1.165) is 29.5 Å². The van der Waals surface area contributed by atoms with E-state index in [0.29, 0.717) is 5.92 Å². The van der Waals surface area contributed by atoms with Gasteiger partial charge >= 0.3 is 0 Å². The van der Waals surface area contributed by atoms with Gasteiger partial charge < -0.3 is 4.57 Å². The summed E-state index contributed by atoms with van der Waals surface area (Å²) in [5, 5.41) is 1.80. The lowest BCUT2D eigenvalue weighted by Crippen LogP contribution is -2.24. The van der Waals surface area contributed by atoms with Crippen LogP contribution in [0, 0.1) is 5.92 Å². The molecule has 3 heteroatoms. The van der Waals surface area contributed by atoms with Crippen LogP contribution in [0.4, 0.5) is 0 Å². The molecule has 17 heavy (non-hydrogen) atoms. The zero-order valence-corrected chi connectivity index (χ0v) is 10.9. The van der Waals surface area contributed by atoms with Crippen LogP contribution in [0.5, 0.6) is 0 Å². The lowest BCUT2D eigenvalue weighted by molar-refractivity contribution is 0.469. The largest absolute Gasteiger partial charge is 0.315 e. The van der Waals surface area contributed by atoms with E-state index >= 15 is 0 Å². The van der Waals surface area contributed by atoms with E-state index in [1.165, 1.54) is 0 Å². The first kappa shape index (κ1) is 12.2. The minimum Gasteiger partial charge on any atom is -0.315 e. The molecule has 0 radical (unpaired) electrons. The number of hydrogen-bond donors (Lipinski definition) is 1. The molecule has 0 aliphatic carbocycles. The van der Waals surface area contributed by atoms with Crippen molar-refractivity contribution in [3.8, 4) is 0 Å². The van der Waals surface area contributed by atoms with E-state index in [2.05, 4.69) is 19.6 Å². The van der Waals surface area contributed by atoms with Crippen molar-refractivity contribution in [2.24, 2.45) is 5.92 Å². The summed E-state index contributed by atoms with van der Waals surface area (Å²) in [6, 6.07) is 9.72. The fraction of sp³-hybridized carbons (Fsp3) is 0.357. The molecule has 1 atom stereocenters. The molecule has 0 saturated heterocycles. The average molecular weight is 247 g/mol. The van der Waals surface area contributed by atoms with Gasteiger partial charge in [0, 0.05) is 18.1 Å². The number of rotatable bonds is 4. The van der Waals surface area contributed by atoms with Crippen LogP contribution < -0.4 is 5.56 Å². The maximum atomic E-state index is 12.2. The van der Waals surface area contributed by atoms with Crippen molar-refractivity contribution >= 4 is 23.4 Å². The van der Waals surface area contributed by atoms with Crippen LogP contribution in [0.2, 0.25) is 0 Å². The molecule has 1 aromatic heterocycles. The minimum absolute atomic E-state index is 0.100. The number of pyridine rings is 1. The lowest BCUT2D eigenvalue weighted by Gasteiger charge is -2.14. The first-order valence-corrected chi connectivity index (χ1v) is 6.58. The van der Waals surface area contributed by atoms with Gasteiger partial charge in [-0.1, -0.05) is 31.5 Å². The number of aromatic nitrogens is 1. The molecule has 0 bridgehead atoms. The monoisotopic (exact) mass is 247 g/mol. The molecule has 0 fully saturated rings. The Morgan fingerprint density at radius 2 is 2.06 bits per heavy atom. The standard InChI is InChI=1S/C14H17NOS/c1-2-11(10-17)9-15-8-7-12-5-3-4-6-13(12)14(15)16/h3-8,11,17H,2,9-10H2,1H3. The summed E-state index contributed by atoms with van der Waals surface area (Å²) in [7, 11) is 0. The molecule has 0 amide bonds. The third-order valence-corrected chi connectivity index (χ3v) is 3.69. The number of hydrogen-bond acceptors (Lipinski definition) is 2. The highest BCUT2D eigenvalue weighted by Gasteiger charge is 2.07. The van der Waals surface area contributed by atoms with E-state index in [9.17, 15) is 4.79 Å². The van der Waals surface area contributed by atoms with Crippen molar-refractivity contribution in [3.63, 3.8) is 0 Å². The molecule has 1 aromatic carbocycles. The van der Waals surface area contributed by atoms with Gasteiger partial charge in [0.25, 0.3) is 5.56 Å². The maximum absolute atomic E-state index is 12.2. The first-order valence-electron chi connectivity index (χ1n) is 5.95. The molecule has 90 valence electrons. The van der Waals surface area contributed by atoms with Crippen molar-refractivity contribution in [1.29, 1.82) is 0 Å². The zero-order chi connectivity index (χ0) is 12.3. The smallest absolute Gasteiger partial charge is 0.258 e. The molecular formula is C14H17NOS. The Morgan fingerprint density at radius 3 is 2.76 bits per heavy atom. The summed E-state index contributed by atoms with van der Waals surface area (Å²) >= 11 is 4.32. The van der Waals surface area contributed by atoms with Gasteiger partial charge in [0.15, 0.2) is 0 Å². The Kier molecular flexibility index (Phi) is 3.89. The van der Waals surface area contributed by atoms with Gasteiger partial charge in [0.05, 0.1) is 0 Å². The number of fused-ring (bicyclic) bond motifs is 1. The van der Waals surface area contributed by atoms with Gasteiger partial charge in [-0.15, -0.1) is 0 Å². The number of benzene rings is 1. The molecule has 0 spiro atoms. The summed E-state index contributed by atoms with van der Waals surface area (Å²) in [6.45, 7) is 2.89. The summed E-state index contributed by atoms with van der Waals surface area (Å²) in [6.07, 6.45) is 2.93. The van der Waals surface area contributed by atoms with Gasteiger partial charge in [0.1, 0.15) is 0 Å². The quantitative estimate of drug-likeness (QED) is 0.824. The summed E-state index contributed by atoms with van der Waals surface area (Å²) in [5.74, 6) is 1.27. The van der Waals surface area contributed by atoms with Crippen molar-refractivity contribution in [2.75, 3.05) is 5.75 Å². The Labute approximate surface area is 107 Å². The molecule has 2 nitrogen and oxygen atoms in total. The third kappa shape index (κ3) is 2.55. The molecule has 1 unspecified atom stereocenters. The van der Waals surface area contributed by atoms with E-state index in [1.807, 2.05) is 36.5 Å². The topological polar surface area (TPSA) is 22.0 Å². The Hall–Kier alpha value is -1.22. The second-order valence-electron chi connectivity index (χ2n) is 4.32. The molecule has 2 aromatic rings. The van der Waals surface area contributed by atoms with Crippen LogP contribution in [-0.4, -0.2) is 10.3 Å². The molecule has 0 saturated carbocycles. The molecule has 0 aliphatic heterocycles. The van der Waals surface area contributed by atoms with Crippen molar-refractivity contribution in [3.05, 3.63) is 46.9 Å². The van der Waals surface area contributed by atoms with Crippen LogP contribution in [0.3, 0.4) is 0 Å². The second-order valence-corrected chi connectivity index (χ2v) is 4.68. The van der Waals surface area contributed by atoms with Crippen molar-refractivity contribution in [2.45, 2.75) is 19.9 Å². The predicted molar refractivity (Wildman–Crippen MR) is 75.8 cm³/mol. The van der Waals surface area contributed by atoms with Crippen LogP contribution >= 0.6 is 12.6 Å². The van der Waals surface area contributed by atoms with Crippen molar-refractivity contribution < 1.29 is 0 Å². The van der Waals surface area contributed by atoms with Gasteiger partial charge in [0.2, 0.25) is 0 Å². The SMILES string of the molecule is CCC(CS)Cn1ccc2ccccc2c1=O. The summed E-state index contributed by atoms with van der Waals surface area (Å²) < 4.78 is 1.80. The minimum atomic E-state index is 0.100. The van der Waals surface area contributed by atoms with E-state index < -0.39 is 0 Å². The second kappa shape index (κ2) is 5.41. The van der Waals surface area contributed by atoms with Gasteiger partial charge in [-0.25, -0.2) is 0 Å². The molecular weight excluding hydrogens is 230 g/mol. The Balaban J connectivity index is 2.42. The van der Waals surface area contributed by atoms with Crippen LogP contribution in [-0.2, 0) is 6.54 Å². The molecule has 0 N–H and O–H groups in total. The summed E-state index contributed by atoms with van der Waals surface area (Å²) in [4.78, 5) is 12.2. The van der Waals surface area contributed by atoms with Crippen molar-refractivity contribution in [1.82, 2.24) is 4.57 Å². The number of thiol groups is 1. The lowest BCUT2D eigenvalue weighted by atomic mass is 10.1. The zero-order valence-electron chi connectivity index (χ0n) is 9.97. The van der Waals surface area contributed by atoms with Gasteiger partial charge in [-0.05, 0) is 29.2 Å². The number of nitrogens with zero attached hydrogens (tertiary/aromatic N) is 1. The summed E-state index contributed by atoms with van der Waals surface area (Å²) in [5.41, 5.74) is 0.100. The van der Waals surface area contributed by atoms with E-state index in [4.69, 9.17) is 0 Å². The molecule has 1 heterocycles. The van der Waals surface area contributed by atoms with Crippen LogP contribution in [0.25, 0.3) is 10.8 Å².